The van der Waals surface area contributed by atoms with E-state index < -0.39 is 0 Å². The first-order valence-corrected chi connectivity index (χ1v) is 9.07. The van der Waals surface area contributed by atoms with Crippen LogP contribution in [0.4, 0.5) is 10.5 Å². The van der Waals surface area contributed by atoms with Crippen molar-refractivity contribution >= 4 is 34.7 Å². The Balaban J connectivity index is 1.38. The van der Waals surface area contributed by atoms with Gasteiger partial charge >= 0.3 is 6.03 Å². The molecule has 0 unspecified atom stereocenters. The molecule has 122 valence electrons. The highest BCUT2D eigenvalue weighted by Crippen LogP contribution is 2.27. The summed E-state index contributed by atoms with van der Waals surface area (Å²) in [4.78, 5) is 14.5. The second kappa shape index (κ2) is 7.64. The van der Waals surface area contributed by atoms with E-state index in [9.17, 15) is 4.79 Å². The number of hydrogen-bond donors (Lipinski definition) is 2. The number of rotatable bonds is 4. The van der Waals surface area contributed by atoms with Gasteiger partial charge in [-0.3, -0.25) is 0 Å². The highest BCUT2D eigenvalue weighted by atomic mass is 35.5. The molecule has 7 heteroatoms. The molecular formula is C15H22ClN3O2S. The molecule has 1 aromatic rings. The van der Waals surface area contributed by atoms with Crippen molar-refractivity contribution in [3.8, 4) is 0 Å². The first-order chi connectivity index (χ1) is 10.7. The maximum absolute atomic E-state index is 12.0. The number of carbonyl (C=O) groups excluding carboxylic acids is 1. The molecule has 2 fully saturated rings. The summed E-state index contributed by atoms with van der Waals surface area (Å²) in [7, 11) is 0. The zero-order chi connectivity index (χ0) is 15.4. The monoisotopic (exact) mass is 343 g/mol. The van der Waals surface area contributed by atoms with Gasteiger partial charge in [-0.05, 0) is 36.6 Å². The van der Waals surface area contributed by atoms with Crippen LogP contribution in [0, 0.1) is 5.92 Å². The number of nitrogens with one attached hydrogen (secondary N) is 2. The normalized spacial score (nSPS) is 23.6. The fraction of sp³-hybridized carbons (Fsp3) is 0.667. The van der Waals surface area contributed by atoms with Crippen LogP contribution in [0.3, 0.4) is 0 Å². The molecule has 2 saturated heterocycles. The van der Waals surface area contributed by atoms with Crippen molar-refractivity contribution in [1.29, 1.82) is 0 Å². The van der Waals surface area contributed by atoms with Gasteiger partial charge in [0.2, 0.25) is 0 Å². The van der Waals surface area contributed by atoms with Crippen LogP contribution in [0.1, 0.15) is 19.3 Å². The van der Waals surface area contributed by atoms with Crippen molar-refractivity contribution in [2.45, 2.75) is 25.3 Å². The number of hydrogen-bond acceptors (Lipinski definition) is 4. The minimum absolute atomic E-state index is 0.164. The third kappa shape index (κ3) is 4.35. The minimum Gasteiger partial charge on any atom is -0.381 e. The molecule has 5 nitrogen and oxygen atoms in total. The average Bonchev–Trinajstić information content (AvgIpc) is 3.14. The number of amides is 2. The number of likely N-dealkylation sites (tertiary alicyclic amines) is 1. The maximum atomic E-state index is 12.0. The van der Waals surface area contributed by atoms with Gasteiger partial charge < -0.3 is 20.3 Å². The van der Waals surface area contributed by atoms with Crippen molar-refractivity contribution < 1.29 is 9.53 Å². The molecule has 2 amide bonds. The quantitative estimate of drug-likeness (QED) is 0.883. The first-order valence-electron chi connectivity index (χ1n) is 7.81. The molecule has 0 bridgehead atoms. The lowest BCUT2D eigenvalue weighted by Crippen LogP contribution is -2.46. The summed E-state index contributed by atoms with van der Waals surface area (Å²) in [5, 5.41) is 7.71. The third-order valence-electron chi connectivity index (χ3n) is 4.33. The second-order valence-corrected chi connectivity index (χ2v) is 7.53. The van der Waals surface area contributed by atoms with E-state index in [-0.39, 0.29) is 12.1 Å². The van der Waals surface area contributed by atoms with Gasteiger partial charge in [0.1, 0.15) is 4.34 Å². The van der Waals surface area contributed by atoms with E-state index in [1.807, 2.05) is 11.4 Å². The maximum Gasteiger partial charge on any atom is 0.319 e. The standard InChI is InChI=1S/C15H22ClN3O2S/c16-14-13(4-8-22-14)18-15(20)17-12-1-5-19(6-2-12)9-11-3-7-21-10-11/h4,8,11-12H,1-3,5-7,9-10H2,(H2,17,18,20)/t11-/m0/s1. The lowest BCUT2D eigenvalue weighted by molar-refractivity contribution is 0.148. The lowest BCUT2D eigenvalue weighted by Gasteiger charge is -2.33. The van der Waals surface area contributed by atoms with Gasteiger partial charge in [-0.15, -0.1) is 11.3 Å². The summed E-state index contributed by atoms with van der Waals surface area (Å²) in [6, 6.07) is 1.90. The predicted molar refractivity (Wildman–Crippen MR) is 89.9 cm³/mol. The molecule has 0 radical (unpaired) electrons. The molecule has 22 heavy (non-hydrogen) atoms. The number of piperidine rings is 1. The fourth-order valence-electron chi connectivity index (χ4n) is 3.08. The largest absolute Gasteiger partial charge is 0.381 e. The van der Waals surface area contributed by atoms with Crippen molar-refractivity contribution in [3.05, 3.63) is 15.8 Å². The molecule has 0 saturated carbocycles. The summed E-state index contributed by atoms with van der Waals surface area (Å²) in [5.74, 6) is 0.688. The van der Waals surface area contributed by atoms with Gasteiger partial charge in [0.25, 0.3) is 0 Å². The lowest BCUT2D eigenvalue weighted by atomic mass is 10.0. The number of nitrogens with zero attached hydrogens (tertiary/aromatic N) is 1. The summed E-state index contributed by atoms with van der Waals surface area (Å²) in [5.41, 5.74) is 0.683. The first kappa shape index (κ1) is 16.1. The third-order valence-corrected chi connectivity index (χ3v) is 5.50. The number of carbonyl (C=O) groups is 1. The zero-order valence-electron chi connectivity index (χ0n) is 12.5. The van der Waals surface area contributed by atoms with E-state index >= 15 is 0 Å². The molecule has 1 aromatic heterocycles. The van der Waals surface area contributed by atoms with E-state index in [4.69, 9.17) is 16.3 Å². The van der Waals surface area contributed by atoms with Crippen molar-refractivity contribution in [2.75, 3.05) is 38.2 Å². The van der Waals surface area contributed by atoms with Gasteiger partial charge in [-0.1, -0.05) is 11.6 Å². The Morgan fingerprint density at radius 2 is 2.23 bits per heavy atom. The van der Waals surface area contributed by atoms with E-state index in [1.54, 1.807) is 0 Å². The van der Waals surface area contributed by atoms with Crippen LogP contribution in [0.15, 0.2) is 11.4 Å². The van der Waals surface area contributed by atoms with Gasteiger partial charge in [-0.25, -0.2) is 4.79 Å². The Morgan fingerprint density at radius 3 is 2.86 bits per heavy atom. The molecule has 1 atom stereocenters. The second-order valence-electron chi connectivity index (χ2n) is 6.01. The Kier molecular flexibility index (Phi) is 5.57. The minimum atomic E-state index is -0.164. The highest BCUT2D eigenvalue weighted by molar-refractivity contribution is 7.15. The smallest absolute Gasteiger partial charge is 0.319 e. The molecule has 2 aliphatic rings. The van der Waals surface area contributed by atoms with Crippen LogP contribution in [0.2, 0.25) is 4.34 Å². The Labute approximate surface area is 140 Å². The SMILES string of the molecule is O=C(Nc1ccsc1Cl)NC1CCN(C[C@@H]2CCOC2)CC1. The van der Waals surface area contributed by atoms with Gasteiger partial charge in [-0.2, -0.15) is 0 Å². The number of ether oxygens (including phenoxy) is 1. The zero-order valence-corrected chi connectivity index (χ0v) is 14.1. The number of urea groups is 1. The van der Waals surface area contributed by atoms with Gasteiger partial charge in [0.05, 0.1) is 12.3 Å². The topological polar surface area (TPSA) is 53.6 Å². The van der Waals surface area contributed by atoms with Crippen LogP contribution in [0.5, 0.6) is 0 Å². The molecule has 3 rings (SSSR count). The van der Waals surface area contributed by atoms with Crippen molar-refractivity contribution in [1.82, 2.24) is 10.2 Å². The molecule has 2 N–H and O–H groups in total. The van der Waals surface area contributed by atoms with Crippen molar-refractivity contribution in [2.24, 2.45) is 5.92 Å². The number of anilines is 1. The molecule has 0 aliphatic carbocycles. The predicted octanol–water partition coefficient (Wildman–Crippen LogP) is 3.02. The fourth-order valence-corrected chi connectivity index (χ4v) is 3.91. The van der Waals surface area contributed by atoms with Crippen LogP contribution in [-0.2, 0) is 4.74 Å². The molecular weight excluding hydrogens is 322 g/mol. The Morgan fingerprint density at radius 1 is 1.41 bits per heavy atom. The highest BCUT2D eigenvalue weighted by Gasteiger charge is 2.24. The van der Waals surface area contributed by atoms with Crippen LogP contribution in [-0.4, -0.2) is 49.8 Å². The van der Waals surface area contributed by atoms with Crippen LogP contribution >= 0.6 is 22.9 Å². The molecule has 0 aromatic carbocycles. The average molecular weight is 344 g/mol. The Bertz CT molecular complexity index is 497. The number of thiophene rings is 1. The van der Waals surface area contributed by atoms with E-state index in [0.717, 1.165) is 45.7 Å². The molecule has 0 spiro atoms. The summed E-state index contributed by atoms with van der Waals surface area (Å²) in [6.45, 7) is 5.03. The number of halogens is 1. The molecule has 2 aliphatic heterocycles. The van der Waals surface area contributed by atoms with Gasteiger partial charge in [0.15, 0.2) is 0 Å². The Hall–Kier alpha value is -0.820. The van der Waals surface area contributed by atoms with E-state index in [1.165, 1.54) is 17.8 Å². The van der Waals surface area contributed by atoms with E-state index in [0.29, 0.717) is 15.9 Å². The van der Waals surface area contributed by atoms with Crippen LogP contribution < -0.4 is 10.6 Å². The molecule has 3 heterocycles. The van der Waals surface area contributed by atoms with Gasteiger partial charge in [0, 0.05) is 32.3 Å². The summed E-state index contributed by atoms with van der Waals surface area (Å²) >= 11 is 7.40. The summed E-state index contributed by atoms with van der Waals surface area (Å²) < 4.78 is 6.04. The van der Waals surface area contributed by atoms with Crippen LogP contribution in [0.25, 0.3) is 0 Å². The summed E-state index contributed by atoms with van der Waals surface area (Å²) in [6.07, 6.45) is 3.18. The van der Waals surface area contributed by atoms with E-state index in [2.05, 4.69) is 15.5 Å². The van der Waals surface area contributed by atoms with Crippen molar-refractivity contribution in [3.63, 3.8) is 0 Å².